The number of halogens is 1. The number of anilines is 1. The molecule has 3 N–H and O–H groups in total. The Hall–Kier alpha value is -2.49. The normalized spacial score (nSPS) is 19.4. The van der Waals surface area contributed by atoms with Gasteiger partial charge in [0.1, 0.15) is 11.9 Å². The zero-order valence-corrected chi connectivity index (χ0v) is 13.7. The Morgan fingerprint density at radius 1 is 0.833 bits per heavy atom. The van der Waals surface area contributed by atoms with Gasteiger partial charge in [-0.1, -0.05) is 60.1 Å². The summed E-state index contributed by atoms with van der Waals surface area (Å²) in [7, 11) is 0. The van der Waals surface area contributed by atoms with Crippen LogP contribution in [0.15, 0.2) is 72.8 Å². The van der Waals surface area contributed by atoms with Crippen LogP contribution >= 0.6 is 11.6 Å². The summed E-state index contributed by atoms with van der Waals surface area (Å²) in [5.41, 5.74) is 4.09. The molecule has 0 saturated heterocycles. The number of para-hydroxylation sites is 1. The van der Waals surface area contributed by atoms with Gasteiger partial charge >= 0.3 is 0 Å². The predicted octanol–water partition coefficient (Wildman–Crippen LogP) is 4.85. The zero-order chi connectivity index (χ0) is 16.5. The maximum atomic E-state index is 10.2. The Bertz CT molecular complexity index is 867. The van der Waals surface area contributed by atoms with Crippen molar-refractivity contribution in [1.29, 1.82) is 0 Å². The molecule has 120 valence electrons. The summed E-state index contributed by atoms with van der Waals surface area (Å²) in [4.78, 5) is 0. The molecule has 0 fully saturated rings. The van der Waals surface area contributed by atoms with Crippen molar-refractivity contribution in [2.45, 2.75) is 12.2 Å². The molecule has 2 atom stereocenters. The molecule has 1 heterocycles. The molecule has 4 heteroatoms. The first-order valence-electron chi connectivity index (χ1n) is 7.87. The van der Waals surface area contributed by atoms with E-state index in [0.29, 0.717) is 5.02 Å². The van der Waals surface area contributed by atoms with Crippen LogP contribution in [0.1, 0.15) is 28.9 Å². The van der Waals surface area contributed by atoms with Crippen LogP contribution in [-0.4, -0.2) is 5.11 Å². The summed E-state index contributed by atoms with van der Waals surface area (Å²) >= 11 is 6.21. The van der Waals surface area contributed by atoms with Gasteiger partial charge in [-0.15, -0.1) is 0 Å². The van der Waals surface area contributed by atoms with Gasteiger partial charge in [0, 0.05) is 16.3 Å². The molecular weight excluding hydrogens is 320 g/mol. The maximum absolute atomic E-state index is 10.2. The number of fused-ring (bicyclic) bond motifs is 1. The molecule has 24 heavy (non-hydrogen) atoms. The first-order chi connectivity index (χ1) is 11.7. The Balaban J connectivity index is 1.81. The predicted molar refractivity (Wildman–Crippen MR) is 97.3 cm³/mol. The van der Waals surface area contributed by atoms with E-state index in [1.807, 2.05) is 54.6 Å². The number of hydrogen-bond donors (Lipinski definition) is 3. The lowest BCUT2D eigenvalue weighted by molar-refractivity contribution is 0.442. The minimum Gasteiger partial charge on any atom is -0.508 e. The van der Waals surface area contributed by atoms with Crippen molar-refractivity contribution in [2.24, 2.45) is 0 Å². The molecule has 0 bridgehead atoms. The van der Waals surface area contributed by atoms with Gasteiger partial charge in [-0.2, -0.15) is 0 Å². The van der Waals surface area contributed by atoms with E-state index in [9.17, 15) is 5.11 Å². The summed E-state index contributed by atoms with van der Waals surface area (Å²) in [6, 6.07) is 23.4. The number of hydrogen-bond acceptors (Lipinski definition) is 3. The van der Waals surface area contributed by atoms with Crippen molar-refractivity contribution in [2.75, 3.05) is 5.32 Å². The van der Waals surface area contributed by atoms with Crippen molar-refractivity contribution in [3.8, 4) is 5.75 Å². The van der Waals surface area contributed by atoms with Crippen LogP contribution in [0.5, 0.6) is 5.75 Å². The second-order valence-corrected chi connectivity index (χ2v) is 6.31. The number of benzene rings is 3. The molecule has 0 saturated carbocycles. The summed E-state index contributed by atoms with van der Waals surface area (Å²) in [6.45, 7) is 0. The van der Waals surface area contributed by atoms with Gasteiger partial charge in [0.15, 0.2) is 0 Å². The van der Waals surface area contributed by atoms with Crippen LogP contribution in [-0.2, 0) is 0 Å². The summed E-state index contributed by atoms with van der Waals surface area (Å²) in [5.74, 6) is 0.270. The highest BCUT2D eigenvalue weighted by Crippen LogP contribution is 2.39. The third-order valence-corrected chi connectivity index (χ3v) is 4.57. The van der Waals surface area contributed by atoms with Crippen molar-refractivity contribution < 1.29 is 5.11 Å². The van der Waals surface area contributed by atoms with E-state index in [1.54, 1.807) is 6.07 Å². The fourth-order valence-corrected chi connectivity index (χ4v) is 3.36. The van der Waals surface area contributed by atoms with E-state index in [1.165, 1.54) is 0 Å². The third kappa shape index (κ3) is 2.73. The molecule has 0 unspecified atom stereocenters. The zero-order valence-electron chi connectivity index (χ0n) is 12.9. The first kappa shape index (κ1) is 15.1. The number of nitrogens with one attached hydrogen (secondary N) is 2. The van der Waals surface area contributed by atoms with Gasteiger partial charge in [-0.05, 0) is 35.4 Å². The Morgan fingerprint density at radius 3 is 2.38 bits per heavy atom. The van der Waals surface area contributed by atoms with Gasteiger partial charge in [0.25, 0.3) is 0 Å². The summed E-state index contributed by atoms with van der Waals surface area (Å²) in [6.07, 6.45) is -0.190. The number of aromatic hydroxyl groups is 1. The average Bonchev–Trinajstić information content (AvgIpc) is 2.62. The van der Waals surface area contributed by atoms with E-state index in [4.69, 9.17) is 11.6 Å². The van der Waals surface area contributed by atoms with E-state index in [0.717, 1.165) is 22.4 Å². The van der Waals surface area contributed by atoms with Gasteiger partial charge in [-0.25, -0.2) is 0 Å². The highest BCUT2D eigenvalue weighted by Gasteiger charge is 2.29. The smallest absolute Gasteiger partial charge is 0.122 e. The minimum atomic E-state index is -0.190. The van der Waals surface area contributed by atoms with Crippen molar-refractivity contribution in [3.63, 3.8) is 0 Å². The fraction of sp³-hybridized carbons (Fsp3) is 0.100. The van der Waals surface area contributed by atoms with Crippen LogP contribution in [0.3, 0.4) is 0 Å². The molecule has 3 aromatic rings. The van der Waals surface area contributed by atoms with E-state index >= 15 is 0 Å². The van der Waals surface area contributed by atoms with E-state index < -0.39 is 0 Å². The Kier molecular flexibility index (Phi) is 3.89. The van der Waals surface area contributed by atoms with E-state index in [-0.39, 0.29) is 18.0 Å². The van der Waals surface area contributed by atoms with Gasteiger partial charge < -0.3 is 10.4 Å². The van der Waals surface area contributed by atoms with Gasteiger partial charge in [-0.3, -0.25) is 5.32 Å². The van der Waals surface area contributed by atoms with Crippen LogP contribution in [0.4, 0.5) is 5.69 Å². The molecule has 3 nitrogen and oxygen atoms in total. The van der Waals surface area contributed by atoms with Gasteiger partial charge in [0.2, 0.25) is 0 Å². The highest BCUT2D eigenvalue weighted by atomic mass is 35.5. The lowest BCUT2D eigenvalue weighted by atomic mass is 9.93. The van der Waals surface area contributed by atoms with Crippen molar-refractivity contribution in [3.05, 3.63) is 94.5 Å². The van der Waals surface area contributed by atoms with Gasteiger partial charge in [0.05, 0.1) is 6.04 Å². The standard InChI is InChI=1S/C20H17ClN2O/c21-14-10-11-17-16(12-14)19(13-6-2-1-3-7-13)23-20(22-17)15-8-4-5-9-18(15)24/h1-12,19-20,22-24H/t19-,20+/m0/s1. The second kappa shape index (κ2) is 6.19. The molecule has 0 radical (unpaired) electrons. The molecule has 3 aromatic carbocycles. The number of phenolic OH excluding ortho intramolecular Hbond substituents is 1. The highest BCUT2D eigenvalue weighted by molar-refractivity contribution is 6.30. The van der Waals surface area contributed by atoms with Crippen LogP contribution < -0.4 is 10.6 Å². The minimum absolute atomic E-state index is 0.00856. The lowest BCUT2D eigenvalue weighted by Gasteiger charge is -2.35. The second-order valence-electron chi connectivity index (χ2n) is 5.88. The van der Waals surface area contributed by atoms with Crippen LogP contribution in [0.2, 0.25) is 5.02 Å². The molecule has 0 aliphatic carbocycles. The third-order valence-electron chi connectivity index (χ3n) is 4.34. The van der Waals surface area contributed by atoms with Crippen molar-refractivity contribution in [1.82, 2.24) is 5.32 Å². The monoisotopic (exact) mass is 336 g/mol. The number of rotatable bonds is 2. The molecule has 1 aliphatic heterocycles. The molecule has 0 spiro atoms. The van der Waals surface area contributed by atoms with Crippen molar-refractivity contribution >= 4 is 17.3 Å². The molecule has 4 rings (SSSR count). The summed E-state index contributed by atoms with van der Waals surface area (Å²) < 4.78 is 0. The maximum Gasteiger partial charge on any atom is 0.122 e. The SMILES string of the molecule is Oc1ccccc1[C@@H]1Nc2ccc(Cl)cc2[C@H](c2ccccc2)N1. The number of phenols is 1. The average molecular weight is 337 g/mol. The largest absolute Gasteiger partial charge is 0.508 e. The summed E-state index contributed by atoms with van der Waals surface area (Å²) in [5, 5.41) is 18.0. The van der Waals surface area contributed by atoms with Crippen LogP contribution in [0.25, 0.3) is 0 Å². The molecule has 1 aliphatic rings. The topological polar surface area (TPSA) is 44.3 Å². The first-order valence-corrected chi connectivity index (χ1v) is 8.25. The quantitative estimate of drug-likeness (QED) is 0.627. The molecular formula is C20H17ClN2O. The van der Waals surface area contributed by atoms with E-state index in [2.05, 4.69) is 22.8 Å². The Labute approximate surface area is 145 Å². The fourth-order valence-electron chi connectivity index (χ4n) is 3.18. The molecule has 0 aromatic heterocycles. The lowest BCUT2D eigenvalue weighted by Crippen LogP contribution is -2.37. The molecule has 0 amide bonds. The van der Waals surface area contributed by atoms with Crippen LogP contribution in [0, 0.1) is 0 Å². The Morgan fingerprint density at radius 2 is 1.58 bits per heavy atom.